The molecule has 0 aliphatic heterocycles. The van der Waals surface area contributed by atoms with Crippen molar-refractivity contribution in [2.24, 2.45) is 16.7 Å². The van der Waals surface area contributed by atoms with Gasteiger partial charge in [-0.05, 0) is 36.0 Å². The first-order chi connectivity index (χ1) is 4.94. The van der Waals surface area contributed by atoms with Crippen LogP contribution in [0.1, 0.15) is 40.0 Å². The van der Waals surface area contributed by atoms with Crippen LogP contribution in [0.2, 0.25) is 0 Å². The lowest BCUT2D eigenvalue weighted by atomic mass is 9.71. The number of aliphatic hydroxyl groups is 1. The van der Waals surface area contributed by atoms with E-state index in [1.54, 1.807) is 0 Å². The van der Waals surface area contributed by atoms with Crippen LogP contribution >= 0.6 is 0 Å². The van der Waals surface area contributed by atoms with Gasteiger partial charge in [0.15, 0.2) is 0 Å². The number of rotatable bonds is 0. The fraction of sp³-hybridized carbons (Fsp3) is 1.00. The van der Waals surface area contributed by atoms with Gasteiger partial charge in [0, 0.05) is 0 Å². The molecule has 2 fully saturated rings. The standard InChI is InChI=1S/C10H18O/c1-9(2)6-10(3)5-7(9)4-8(10)11/h7-8,11H,4-6H2,1-3H3/t7-,8-,10+/m1/s1. The average molecular weight is 154 g/mol. The Labute approximate surface area is 68.8 Å². The fourth-order valence-electron chi connectivity index (χ4n) is 3.31. The molecule has 1 nitrogen and oxygen atoms in total. The first-order valence-corrected chi connectivity index (χ1v) is 4.62. The van der Waals surface area contributed by atoms with Gasteiger partial charge >= 0.3 is 0 Å². The Hall–Kier alpha value is -0.0400. The average Bonchev–Trinajstić information content (AvgIpc) is 2.16. The zero-order valence-corrected chi connectivity index (χ0v) is 7.72. The highest BCUT2D eigenvalue weighted by atomic mass is 16.3. The molecule has 2 aliphatic carbocycles. The molecule has 11 heavy (non-hydrogen) atoms. The van der Waals surface area contributed by atoms with Gasteiger partial charge in [-0.15, -0.1) is 0 Å². The van der Waals surface area contributed by atoms with Crippen molar-refractivity contribution in [3.63, 3.8) is 0 Å². The van der Waals surface area contributed by atoms with E-state index in [0.29, 0.717) is 5.41 Å². The summed E-state index contributed by atoms with van der Waals surface area (Å²) in [5.41, 5.74) is 0.752. The highest BCUT2D eigenvalue weighted by Gasteiger charge is 2.56. The molecular formula is C10H18O. The second kappa shape index (κ2) is 1.82. The van der Waals surface area contributed by atoms with Gasteiger partial charge in [-0.25, -0.2) is 0 Å². The van der Waals surface area contributed by atoms with Crippen molar-refractivity contribution in [3.8, 4) is 0 Å². The van der Waals surface area contributed by atoms with Gasteiger partial charge in [0.1, 0.15) is 0 Å². The van der Waals surface area contributed by atoms with Crippen molar-refractivity contribution in [1.29, 1.82) is 0 Å². The molecule has 2 rings (SSSR count). The molecule has 0 amide bonds. The second-order valence-electron chi connectivity index (χ2n) is 5.47. The fourth-order valence-corrected chi connectivity index (χ4v) is 3.31. The normalized spacial score (nSPS) is 53.5. The molecule has 1 heteroatoms. The van der Waals surface area contributed by atoms with Gasteiger partial charge in [0.05, 0.1) is 6.10 Å². The van der Waals surface area contributed by atoms with E-state index in [9.17, 15) is 5.11 Å². The lowest BCUT2D eigenvalue weighted by molar-refractivity contribution is 0.0173. The molecule has 0 heterocycles. The highest BCUT2D eigenvalue weighted by Crippen LogP contribution is 2.62. The predicted octanol–water partition coefficient (Wildman–Crippen LogP) is 2.19. The van der Waals surface area contributed by atoms with Crippen LogP contribution in [0.5, 0.6) is 0 Å². The molecule has 0 saturated heterocycles. The van der Waals surface area contributed by atoms with Crippen LogP contribution in [0, 0.1) is 16.7 Å². The quantitative estimate of drug-likeness (QED) is 0.567. The third-order valence-electron chi connectivity index (χ3n) is 3.99. The van der Waals surface area contributed by atoms with E-state index in [-0.39, 0.29) is 11.5 Å². The number of fused-ring (bicyclic) bond motifs is 2. The van der Waals surface area contributed by atoms with Crippen LogP contribution in [0.25, 0.3) is 0 Å². The highest BCUT2D eigenvalue weighted by molar-refractivity contribution is 5.06. The van der Waals surface area contributed by atoms with Gasteiger partial charge < -0.3 is 5.11 Å². The smallest absolute Gasteiger partial charge is 0.0596 e. The summed E-state index contributed by atoms with van der Waals surface area (Å²) >= 11 is 0. The summed E-state index contributed by atoms with van der Waals surface area (Å²) in [7, 11) is 0. The largest absolute Gasteiger partial charge is 0.393 e. The number of hydrogen-bond acceptors (Lipinski definition) is 1. The summed E-state index contributed by atoms with van der Waals surface area (Å²) in [6.07, 6.45) is 3.50. The topological polar surface area (TPSA) is 20.2 Å². The minimum atomic E-state index is -0.0134. The SMILES string of the molecule is CC1(C)C[C@]2(C)C[C@H]1C[C@H]2O. The monoisotopic (exact) mass is 154 g/mol. The Kier molecular flexibility index (Phi) is 1.26. The first-order valence-electron chi connectivity index (χ1n) is 4.62. The molecule has 0 spiro atoms. The molecule has 64 valence electrons. The van der Waals surface area contributed by atoms with E-state index >= 15 is 0 Å². The maximum atomic E-state index is 9.71. The Morgan fingerprint density at radius 3 is 2.18 bits per heavy atom. The predicted molar refractivity (Wildman–Crippen MR) is 45.2 cm³/mol. The van der Waals surface area contributed by atoms with Gasteiger partial charge in [-0.1, -0.05) is 20.8 Å². The van der Waals surface area contributed by atoms with Crippen molar-refractivity contribution in [1.82, 2.24) is 0 Å². The van der Waals surface area contributed by atoms with E-state index in [1.165, 1.54) is 12.8 Å². The third-order valence-corrected chi connectivity index (χ3v) is 3.99. The second-order valence-corrected chi connectivity index (χ2v) is 5.47. The van der Waals surface area contributed by atoms with Crippen molar-refractivity contribution in [2.75, 3.05) is 0 Å². The molecular weight excluding hydrogens is 136 g/mol. The summed E-state index contributed by atoms with van der Waals surface area (Å²) in [5, 5.41) is 9.71. The Morgan fingerprint density at radius 1 is 1.27 bits per heavy atom. The van der Waals surface area contributed by atoms with Crippen molar-refractivity contribution < 1.29 is 5.11 Å². The molecule has 3 atom stereocenters. The third kappa shape index (κ3) is 0.868. The van der Waals surface area contributed by atoms with Crippen LogP contribution in [0.4, 0.5) is 0 Å². The van der Waals surface area contributed by atoms with Crippen LogP contribution in [0.3, 0.4) is 0 Å². The van der Waals surface area contributed by atoms with Gasteiger partial charge in [0.2, 0.25) is 0 Å². The molecule has 0 aromatic heterocycles. The van der Waals surface area contributed by atoms with E-state index in [0.717, 1.165) is 12.3 Å². The molecule has 0 unspecified atom stereocenters. The number of hydrogen-bond donors (Lipinski definition) is 1. The lowest BCUT2D eigenvalue weighted by Gasteiger charge is -2.36. The van der Waals surface area contributed by atoms with Crippen LogP contribution in [-0.2, 0) is 0 Å². The van der Waals surface area contributed by atoms with E-state index in [2.05, 4.69) is 20.8 Å². The summed E-state index contributed by atoms with van der Waals surface area (Å²) in [5.74, 6) is 0.780. The minimum Gasteiger partial charge on any atom is -0.393 e. The molecule has 2 saturated carbocycles. The van der Waals surface area contributed by atoms with Crippen LogP contribution < -0.4 is 0 Å². The lowest BCUT2D eigenvalue weighted by Crippen LogP contribution is -2.33. The summed E-state index contributed by atoms with van der Waals surface area (Å²) in [4.78, 5) is 0. The first kappa shape index (κ1) is 7.60. The Balaban J connectivity index is 2.27. The van der Waals surface area contributed by atoms with E-state index < -0.39 is 0 Å². The molecule has 1 N–H and O–H groups in total. The van der Waals surface area contributed by atoms with Gasteiger partial charge in [0.25, 0.3) is 0 Å². The maximum absolute atomic E-state index is 9.71. The molecule has 0 radical (unpaired) electrons. The number of aliphatic hydroxyl groups excluding tert-OH is 1. The Bertz CT molecular complexity index is 185. The minimum absolute atomic E-state index is 0.0134. The van der Waals surface area contributed by atoms with Crippen molar-refractivity contribution in [2.45, 2.75) is 46.1 Å². The maximum Gasteiger partial charge on any atom is 0.0596 e. The van der Waals surface area contributed by atoms with E-state index in [1.807, 2.05) is 0 Å². The zero-order chi connectivity index (χ0) is 8.28. The van der Waals surface area contributed by atoms with Crippen LogP contribution in [0.15, 0.2) is 0 Å². The molecule has 0 aromatic rings. The zero-order valence-electron chi connectivity index (χ0n) is 7.72. The summed E-state index contributed by atoms with van der Waals surface area (Å²) < 4.78 is 0. The molecule has 0 aromatic carbocycles. The Morgan fingerprint density at radius 2 is 1.91 bits per heavy atom. The van der Waals surface area contributed by atoms with Gasteiger partial charge in [-0.3, -0.25) is 0 Å². The van der Waals surface area contributed by atoms with Gasteiger partial charge in [-0.2, -0.15) is 0 Å². The molecule has 2 aliphatic rings. The van der Waals surface area contributed by atoms with Crippen LogP contribution in [-0.4, -0.2) is 11.2 Å². The summed E-state index contributed by atoms with van der Waals surface area (Å²) in [6.45, 7) is 6.93. The van der Waals surface area contributed by atoms with Crippen molar-refractivity contribution >= 4 is 0 Å². The van der Waals surface area contributed by atoms with E-state index in [4.69, 9.17) is 0 Å². The molecule has 2 bridgehead atoms. The van der Waals surface area contributed by atoms with Crippen molar-refractivity contribution in [3.05, 3.63) is 0 Å². The summed E-state index contributed by atoms with van der Waals surface area (Å²) in [6, 6.07) is 0.